The number of carbonyl (C=O) groups excluding carboxylic acids is 2. The summed E-state index contributed by atoms with van der Waals surface area (Å²) in [4.78, 5) is 22.6. The molecule has 3 N–H and O–H groups in total. The molecule has 19 heavy (non-hydrogen) atoms. The molecule has 0 unspecified atom stereocenters. The molecule has 0 heterocycles. The van der Waals surface area contributed by atoms with Crippen LogP contribution in [0.5, 0.6) is 0 Å². The van der Waals surface area contributed by atoms with Crippen molar-refractivity contribution in [2.24, 2.45) is 5.92 Å². The Bertz CT molecular complexity index is 320. The van der Waals surface area contributed by atoms with Crippen LogP contribution in [-0.2, 0) is 4.74 Å². The van der Waals surface area contributed by atoms with Crippen molar-refractivity contribution in [3.63, 3.8) is 0 Å². The number of carbonyl (C=O) groups is 2. The van der Waals surface area contributed by atoms with E-state index in [1.807, 2.05) is 19.9 Å². The third kappa shape index (κ3) is 12.5. The Kier molecular flexibility index (Phi) is 7.63. The molecule has 0 aliphatic carbocycles. The van der Waals surface area contributed by atoms with E-state index in [0.29, 0.717) is 19.0 Å². The maximum absolute atomic E-state index is 11.3. The summed E-state index contributed by atoms with van der Waals surface area (Å²) in [5.41, 5.74) is -0.517. The highest BCUT2D eigenvalue weighted by Gasteiger charge is 2.15. The predicted molar refractivity (Wildman–Crippen MR) is 74.7 cm³/mol. The molecule has 6 nitrogen and oxygen atoms in total. The molecule has 0 aromatic carbocycles. The Morgan fingerprint density at radius 1 is 1.16 bits per heavy atom. The van der Waals surface area contributed by atoms with E-state index in [0.717, 1.165) is 0 Å². The van der Waals surface area contributed by atoms with Gasteiger partial charge in [0.05, 0.1) is 0 Å². The van der Waals surface area contributed by atoms with Gasteiger partial charge in [0, 0.05) is 19.3 Å². The van der Waals surface area contributed by atoms with Crippen LogP contribution < -0.4 is 16.0 Å². The Morgan fingerprint density at radius 3 is 2.26 bits per heavy atom. The van der Waals surface area contributed by atoms with Gasteiger partial charge in [0.15, 0.2) is 0 Å². The number of hydrogen-bond donors (Lipinski definition) is 3. The molecule has 110 valence electrons. The summed E-state index contributed by atoms with van der Waals surface area (Å²) in [5, 5.41) is 7.72. The highest BCUT2D eigenvalue weighted by atomic mass is 16.6. The van der Waals surface area contributed by atoms with Crippen molar-refractivity contribution in [1.82, 2.24) is 16.0 Å². The molecule has 3 amide bonds. The highest BCUT2D eigenvalue weighted by Crippen LogP contribution is 2.05. The van der Waals surface area contributed by atoms with E-state index in [9.17, 15) is 9.59 Å². The normalized spacial score (nSPS) is 11.5. The van der Waals surface area contributed by atoms with Crippen molar-refractivity contribution in [2.75, 3.05) is 13.1 Å². The van der Waals surface area contributed by atoms with Crippen LogP contribution in [0, 0.1) is 5.92 Å². The number of rotatable bonds is 5. The summed E-state index contributed by atoms with van der Waals surface area (Å²) in [6.07, 6.45) is 2.98. The van der Waals surface area contributed by atoms with Crippen molar-refractivity contribution < 1.29 is 14.3 Å². The fourth-order valence-corrected chi connectivity index (χ4v) is 1.02. The molecule has 0 radical (unpaired) electrons. The molecule has 0 saturated carbocycles. The average molecular weight is 271 g/mol. The van der Waals surface area contributed by atoms with Gasteiger partial charge in [-0.1, -0.05) is 19.9 Å². The minimum absolute atomic E-state index is 0.303. The van der Waals surface area contributed by atoms with Gasteiger partial charge in [-0.15, -0.1) is 0 Å². The van der Waals surface area contributed by atoms with Crippen LogP contribution in [0.15, 0.2) is 12.3 Å². The molecule has 0 bridgehead atoms. The number of urea groups is 1. The van der Waals surface area contributed by atoms with Gasteiger partial charge in [0.1, 0.15) is 5.60 Å². The van der Waals surface area contributed by atoms with E-state index >= 15 is 0 Å². The van der Waals surface area contributed by atoms with Crippen molar-refractivity contribution in [3.8, 4) is 0 Å². The van der Waals surface area contributed by atoms with Crippen LogP contribution in [0.3, 0.4) is 0 Å². The van der Waals surface area contributed by atoms with Crippen molar-refractivity contribution in [1.29, 1.82) is 0 Å². The smallest absolute Gasteiger partial charge is 0.407 e. The second-order valence-electron chi connectivity index (χ2n) is 5.43. The van der Waals surface area contributed by atoms with Crippen molar-refractivity contribution in [3.05, 3.63) is 12.3 Å². The molecule has 0 saturated heterocycles. The average Bonchev–Trinajstić information content (AvgIpc) is 2.21. The first kappa shape index (κ1) is 17.3. The first-order valence-corrected chi connectivity index (χ1v) is 6.38. The Balaban J connectivity index is 3.64. The number of alkyl carbamates (subject to hydrolysis) is 1. The lowest BCUT2D eigenvalue weighted by Crippen LogP contribution is -2.40. The van der Waals surface area contributed by atoms with Gasteiger partial charge in [-0.25, -0.2) is 9.59 Å². The summed E-state index contributed by atoms with van der Waals surface area (Å²) >= 11 is 0. The zero-order chi connectivity index (χ0) is 14.9. The number of ether oxygens (including phenoxy) is 1. The molecule has 0 aromatic heterocycles. The van der Waals surface area contributed by atoms with Crippen molar-refractivity contribution >= 4 is 12.1 Å². The molecular weight excluding hydrogens is 246 g/mol. The zero-order valence-corrected chi connectivity index (χ0v) is 12.4. The topological polar surface area (TPSA) is 79.5 Å². The number of nitrogens with one attached hydrogen (secondary N) is 3. The Hall–Kier alpha value is -1.72. The number of hydrogen-bond acceptors (Lipinski definition) is 3. The van der Waals surface area contributed by atoms with Gasteiger partial charge in [0.2, 0.25) is 0 Å². The first-order chi connectivity index (χ1) is 8.70. The molecular formula is C13H25N3O3. The molecule has 0 atom stereocenters. The maximum Gasteiger partial charge on any atom is 0.407 e. The third-order valence-corrected chi connectivity index (χ3v) is 1.77. The lowest BCUT2D eigenvalue weighted by molar-refractivity contribution is 0.0528. The maximum atomic E-state index is 11.3. The van der Waals surface area contributed by atoms with E-state index in [1.165, 1.54) is 0 Å². The van der Waals surface area contributed by atoms with Gasteiger partial charge in [-0.05, 0) is 26.7 Å². The summed E-state index contributed by atoms with van der Waals surface area (Å²) in [6.45, 7) is 10.1. The third-order valence-electron chi connectivity index (χ3n) is 1.77. The number of amides is 3. The van der Waals surface area contributed by atoms with Crippen LogP contribution in [0.4, 0.5) is 9.59 Å². The van der Waals surface area contributed by atoms with Gasteiger partial charge in [-0.3, -0.25) is 0 Å². The minimum atomic E-state index is -0.517. The van der Waals surface area contributed by atoms with E-state index in [2.05, 4.69) is 16.0 Å². The van der Waals surface area contributed by atoms with Gasteiger partial charge in [-0.2, -0.15) is 0 Å². The largest absolute Gasteiger partial charge is 0.444 e. The summed E-state index contributed by atoms with van der Waals surface area (Å²) in [7, 11) is 0. The second kappa shape index (κ2) is 8.39. The summed E-state index contributed by atoms with van der Waals surface area (Å²) < 4.78 is 5.05. The van der Waals surface area contributed by atoms with E-state index in [-0.39, 0.29) is 6.03 Å². The van der Waals surface area contributed by atoms with Crippen LogP contribution in [0.25, 0.3) is 0 Å². The SMILES string of the molecule is CC(C)/C=C/NC(=O)NCCNC(=O)OC(C)(C)C. The molecule has 0 spiro atoms. The van der Waals surface area contributed by atoms with E-state index < -0.39 is 11.7 Å². The fraction of sp³-hybridized carbons (Fsp3) is 0.692. The van der Waals surface area contributed by atoms with Crippen LogP contribution in [-0.4, -0.2) is 30.8 Å². The lowest BCUT2D eigenvalue weighted by atomic mass is 10.2. The fourth-order valence-electron chi connectivity index (χ4n) is 1.02. The molecule has 0 rings (SSSR count). The minimum Gasteiger partial charge on any atom is -0.444 e. The van der Waals surface area contributed by atoms with Crippen molar-refractivity contribution in [2.45, 2.75) is 40.2 Å². The summed E-state index contributed by atoms with van der Waals surface area (Å²) in [5.74, 6) is 0.383. The second-order valence-corrected chi connectivity index (χ2v) is 5.43. The Labute approximate surface area is 115 Å². The number of allylic oxidation sites excluding steroid dienone is 1. The predicted octanol–water partition coefficient (Wildman–Crippen LogP) is 1.98. The molecule has 6 heteroatoms. The molecule has 0 aromatic rings. The quantitative estimate of drug-likeness (QED) is 0.669. The monoisotopic (exact) mass is 271 g/mol. The molecule has 0 aliphatic rings. The summed E-state index contributed by atoms with van der Waals surface area (Å²) in [6, 6.07) is -0.303. The zero-order valence-electron chi connectivity index (χ0n) is 12.4. The lowest BCUT2D eigenvalue weighted by Gasteiger charge is -2.19. The molecule has 0 aliphatic heterocycles. The first-order valence-electron chi connectivity index (χ1n) is 6.38. The van der Waals surface area contributed by atoms with E-state index in [1.54, 1.807) is 27.0 Å². The standard InChI is InChI=1S/C13H25N3O3/c1-10(2)6-7-14-11(17)15-8-9-16-12(18)19-13(3,4)5/h6-7,10H,8-9H2,1-5H3,(H,16,18)(H2,14,15,17)/b7-6+. The van der Waals surface area contributed by atoms with Crippen LogP contribution >= 0.6 is 0 Å². The van der Waals surface area contributed by atoms with Crippen LogP contribution in [0.2, 0.25) is 0 Å². The van der Waals surface area contributed by atoms with Gasteiger partial charge >= 0.3 is 12.1 Å². The molecule has 0 fully saturated rings. The Morgan fingerprint density at radius 2 is 1.74 bits per heavy atom. The van der Waals surface area contributed by atoms with Gasteiger partial charge in [0.25, 0.3) is 0 Å². The highest BCUT2D eigenvalue weighted by molar-refractivity contribution is 5.75. The van der Waals surface area contributed by atoms with E-state index in [4.69, 9.17) is 4.74 Å². The van der Waals surface area contributed by atoms with Crippen LogP contribution in [0.1, 0.15) is 34.6 Å². The van der Waals surface area contributed by atoms with Gasteiger partial charge < -0.3 is 20.7 Å².